The van der Waals surface area contributed by atoms with Crippen LogP contribution in [0, 0.1) is 17.3 Å². The Hall–Kier alpha value is -4.10. The van der Waals surface area contributed by atoms with Crippen molar-refractivity contribution in [1.82, 2.24) is 4.57 Å². The Bertz CT molecular complexity index is 2030. The summed E-state index contributed by atoms with van der Waals surface area (Å²) in [6, 6.07) is 16.3. The molecular formula is C43H41N. The van der Waals surface area contributed by atoms with Crippen LogP contribution in [0.3, 0.4) is 0 Å². The lowest BCUT2D eigenvalue weighted by atomic mass is 9.70. The molecule has 0 saturated heterocycles. The fraction of sp³-hybridized carbons (Fsp3) is 0.302. The fourth-order valence-corrected chi connectivity index (χ4v) is 9.12. The van der Waals surface area contributed by atoms with Gasteiger partial charge in [-0.3, -0.25) is 0 Å². The van der Waals surface area contributed by atoms with E-state index in [4.69, 9.17) is 0 Å². The molecule has 0 spiro atoms. The third kappa shape index (κ3) is 3.98. The van der Waals surface area contributed by atoms with Gasteiger partial charge in [0.2, 0.25) is 0 Å². The quantitative estimate of drug-likeness (QED) is 0.295. The van der Waals surface area contributed by atoms with Crippen LogP contribution in [0.2, 0.25) is 0 Å². The second-order valence-corrected chi connectivity index (χ2v) is 14.3. The standard InChI is InChI=1S/C43H41N/c1-43(2)39-26-32(28-10-4-3-5-11-28)17-21-35(39)36-22-18-33(27-40(36)43)31-19-23-42-38(25-31)37-14-8-9-15-41(37)44(42)34-20-16-29-12-6-7-13-30(29)24-34/h3-4,7-10,13-15,17,19-21,23-25,27,29,39H,5-6,11-12,16,18,22,26H2,1-2H3. The zero-order valence-electron chi connectivity index (χ0n) is 26.1. The minimum atomic E-state index is 0.143. The van der Waals surface area contributed by atoms with Crippen LogP contribution in [-0.4, -0.2) is 4.57 Å². The van der Waals surface area contributed by atoms with Crippen LogP contribution < -0.4 is 0 Å². The molecule has 2 aromatic carbocycles. The molecule has 0 N–H and O–H groups in total. The van der Waals surface area contributed by atoms with E-state index in [9.17, 15) is 0 Å². The largest absolute Gasteiger partial charge is 0.310 e. The molecule has 0 saturated carbocycles. The second kappa shape index (κ2) is 9.96. The molecule has 0 radical (unpaired) electrons. The monoisotopic (exact) mass is 571 g/mol. The Labute approximate surface area is 261 Å². The second-order valence-electron chi connectivity index (χ2n) is 14.3. The molecule has 6 aliphatic carbocycles. The highest BCUT2D eigenvalue weighted by Gasteiger charge is 2.45. The lowest BCUT2D eigenvalue weighted by Crippen LogP contribution is -2.24. The summed E-state index contributed by atoms with van der Waals surface area (Å²) in [5.41, 5.74) is 16.4. The lowest BCUT2D eigenvalue weighted by molar-refractivity contribution is 0.331. The smallest absolute Gasteiger partial charge is 0.0541 e. The average Bonchev–Trinajstić information content (AvgIpc) is 3.52. The van der Waals surface area contributed by atoms with Crippen molar-refractivity contribution in [2.24, 2.45) is 17.3 Å². The van der Waals surface area contributed by atoms with Crippen molar-refractivity contribution >= 4 is 33.1 Å². The molecule has 0 amide bonds. The van der Waals surface area contributed by atoms with Crippen LogP contribution in [0.4, 0.5) is 0 Å². The molecule has 44 heavy (non-hydrogen) atoms. The molecule has 3 aromatic rings. The van der Waals surface area contributed by atoms with Crippen molar-refractivity contribution in [2.45, 2.75) is 65.2 Å². The zero-order chi connectivity index (χ0) is 29.4. The van der Waals surface area contributed by atoms with Crippen LogP contribution in [0.1, 0.15) is 70.8 Å². The van der Waals surface area contributed by atoms with E-state index >= 15 is 0 Å². The van der Waals surface area contributed by atoms with E-state index in [-0.39, 0.29) is 5.41 Å². The first kappa shape index (κ1) is 26.3. The highest BCUT2D eigenvalue weighted by atomic mass is 15.0. The van der Waals surface area contributed by atoms with Gasteiger partial charge < -0.3 is 4.57 Å². The Morgan fingerprint density at radius 2 is 1.70 bits per heavy atom. The number of benzene rings is 2. The zero-order valence-corrected chi connectivity index (χ0v) is 26.1. The summed E-state index contributed by atoms with van der Waals surface area (Å²) < 4.78 is 2.51. The lowest BCUT2D eigenvalue weighted by Gasteiger charge is -2.33. The Kier molecular flexibility index (Phi) is 5.96. The van der Waals surface area contributed by atoms with Gasteiger partial charge in [-0.25, -0.2) is 0 Å². The van der Waals surface area contributed by atoms with Gasteiger partial charge in [0, 0.05) is 16.5 Å². The van der Waals surface area contributed by atoms with Gasteiger partial charge in [0.25, 0.3) is 0 Å². The first-order valence-electron chi connectivity index (χ1n) is 16.9. The maximum Gasteiger partial charge on any atom is 0.0541 e. The summed E-state index contributed by atoms with van der Waals surface area (Å²) >= 11 is 0. The number of para-hydroxylation sites is 1. The molecule has 9 rings (SSSR count). The predicted molar refractivity (Wildman–Crippen MR) is 187 cm³/mol. The van der Waals surface area contributed by atoms with Crippen LogP contribution in [0.15, 0.2) is 137 Å². The van der Waals surface area contributed by atoms with E-state index in [0.717, 1.165) is 19.3 Å². The summed E-state index contributed by atoms with van der Waals surface area (Å²) in [6.07, 6.45) is 33.4. The van der Waals surface area contributed by atoms with Crippen molar-refractivity contribution in [3.8, 4) is 0 Å². The molecule has 1 heteroatoms. The first-order chi connectivity index (χ1) is 21.6. The molecule has 2 unspecified atom stereocenters. The van der Waals surface area contributed by atoms with Gasteiger partial charge in [-0.2, -0.15) is 0 Å². The van der Waals surface area contributed by atoms with Gasteiger partial charge >= 0.3 is 0 Å². The van der Waals surface area contributed by atoms with Crippen molar-refractivity contribution in [2.75, 3.05) is 0 Å². The van der Waals surface area contributed by atoms with Crippen molar-refractivity contribution < 1.29 is 0 Å². The van der Waals surface area contributed by atoms with E-state index in [1.54, 1.807) is 27.9 Å². The number of aromatic nitrogens is 1. The highest BCUT2D eigenvalue weighted by molar-refractivity contribution is 6.11. The number of hydrogen-bond acceptors (Lipinski definition) is 0. The predicted octanol–water partition coefficient (Wildman–Crippen LogP) is 11.6. The number of hydrogen-bond donors (Lipinski definition) is 0. The Balaban J connectivity index is 1.11. The van der Waals surface area contributed by atoms with Gasteiger partial charge in [-0.1, -0.05) is 92.8 Å². The van der Waals surface area contributed by atoms with Gasteiger partial charge in [-0.05, 0) is 137 Å². The topological polar surface area (TPSA) is 4.93 Å². The number of fused-ring (bicyclic) bond motifs is 6. The molecule has 0 bridgehead atoms. The first-order valence-corrected chi connectivity index (χ1v) is 16.9. The maximum absolute atomic E-state index is 2.59. The third-order valence-corrected chi connectivity index (χ3v) is 11.6. The normalized spacial score (nSPS) is 25.5. The van der Waals surface area contributed by atoms with E-state index in [0.29, 0.717) is 11.8 Å². The molecule has 2 atom stereocenters. The molecular weight excluding hydrogens is 530 g/mol. The maximum atomic E-state index is 2.59. The third-order valence-electron chi connectivity index (χ3n) is 11.6. The Morgan fingerprint density at radius 1 is 0.795 bits per heavy atom. The minimum absolute atomic E-state index is 0.143. The fourth-order valence-electron chi connectivity index (χ4n) is 9.12. The molecule has 0 fully saturated rings. The van der Waals surface area contributed by atoms with Gasteiger partial charge in [-0.15, -0.1) is 0 Å². The number of nitrogens with zero attached hydrogens (tertiary/aromatic N) is 1. The van der Waals surface area contributed by atoms with E-state index in [2.05, 4.69) is 122 Å². The molecule has 1 nitrogen and oxygen atoms in total. The summed E-state index contributed by atoms with van der Waals surface area (Å²) in [6.45, 7) is 5.00. The van der Waals surface area contributed by atoms with Crippen molar-refractivity contribution in [3.05, 3.63) is 142 Å². The van der Waals surface area contributed by atoms with Crippen LogP contribution >= 0.6 is 0 Å². The molecule has 1 aromatic heterocycles. The van der Waals surface area contributed by atoms with Crippen LogP contribution in [0.25, 0.3) is 33.1 Å². The highest BCUT2D eigenvalue weighted by Crippen LogP contribution is 2.58. The number of allylic oxidation sites excluding steroid dienone is 18. The van der Waals surface area contributed by atoms with E-state index in [1.807, 2.05) is 0 Å². The van der Waals surface area contributed by atoms with Crippen LogP contribution in [-0.2, 0) is 0 Å². The summed E-state index contributed by atoms with van der Waals surface area (Å²) in [5, 5.41) is 2.72. The number of rotatable bonds is 3. The van der Waals surface area contributed by atoms with Gasteiger partial charge in [0.1, 0.15) is 0 Å². The van der Waals surface area contributed by atoms with Gasteiger partial charge in [0.05, 0.1) is 11.0 Å². The van der Waals surface area contributed by atoms with Crippen molar-refractivity contribution in [3.63, 3.8) is 0 Å². The Morgan fingerprint density at radius 3 is 2.61 bits per heavy atom. The summed E-state index contributed by atoms with van der Waals surface area (Å²) in [5.74, 6) is 1.26. The van der Waals surface area contributed by atoms with E-state index < -0.39 is 0 Å². The van der Waals surface area contributed by atoms with Gasteiger partial charge in [0.15, 0.2) is 0 Å². The van der Waals surface area contributed by atoms with Crippen molar-refractivity contribution in [1.29, 1.82) is 0 Å². The molecule has 6 aliphatic rings. The minimum Gasteiger partial charge on any atom is -0.310 e. The molecule has 218 valence electrons. The van der Waals surface area contributed by atoms with Crippen LogP contribution in [0.5, 0.6) is 0 Å². The summed E-state index contributed by atoms with van der Waals surface area (Å²) in [4.78, 5) is 0. The summed E-state index contributed by atoms with van der Waals surface area (Å²) in [7, 11) is 0. The SMILES string of the molecule is CC1(C)C2=C(CCC(c3ccc4c(c3)c3ccccc3n4C3=CCC4CCC=CC4=C3)=C2)C2=CC=C(C3=CC=CCC3)CC21. The molecule has 0 aliphatic heterocycles. The molecule has 1 heterocycles. The average molecular weight is 572 g/mol. The van der Waals surface area contributed by atoms with E-state index in [1.165, 1.54) is 76.3 Å².